The van der Waals surface area contributed by atoms with E-state index in [-0.39, 0.29) is 12.1 Å². The van der Waals surface area contributed by atoms with Crippen molar-refractivity contribution in [2.45, 2.75) is 18.6 Å². The Balaban J connectivity index is 2.24. The van der Waals surface area contributed by atoms with Gasteiger partial charge in [-0.15, -0.1) is 0 Å². The van der Waals surface area contributed by atoms with Crippen LogP contribution in [0.15, 0.2) is 12.4 Å². The van der Waals surface area contributed by atoms with Crippen LogP contribution in [0.1, 0.15) is 6.42 Å². The molecule has 0 aliphatic carbocycles. The molecule has 0 bridgehead atoms. The first kappa shape index (κ1) is 12.1. The number of nitrogens with zero attached hydrogens (tertiary/aromatic N) is 4. The largest absolute Gasteiger partial charge is 0.391 e. The van der Waals surface area contributed by atoms with Gasteiger partial charge in [0.05, 0.1) is 6.10 Å². The SMILES string of the molecule is CN(C)c1cc(N2C[C@H](O)C[C@@H]2CN)ncn1. The molecule has 94 valence electrons. The minimum Gasteiger partial charge on any atom is -0.391 e. The summed E-state index contributed by atoms with van der Waals surface area (Å²) in [7, 11) is 3.87. The maximum absolute atomic E-state index is 9.69. The summed E-state index contributed by atoms with van der Waals surface area (Å²) in [5, 5.41) is 9.69. The van der Waals surface area contributed by atoms with Crippen LogP contribution in [0.3, 0.4) is 0 Å². The third-order valence-electron chi connectivity index (χ3n) is 3.06. The molecule has 0 radical (unpaired) electrons. The first-order valence-corrected chi connectivity index (χ1v) is 5.76. The van der Waals surface area contributed by atoms with Crippen molar-refractivity contribution in [2.75, 3.05) is 37.0 Å². The molecule has 1 fully saturated rings. The van der Waals surface area contributed by atoms with Crippen LogP contribution in [-0.4, -0.2) is 54.4 Å². The Morgan fingerprint density at radius 2 is 2.29 bits per heavy atom. The zero-order valence-corrected chi connectivity index (χ0v) is 10.2. The lowest BCUT2D eigenvalue weighted by Gasteiger charge is -2.24. The van der Waals surface area contributed by atoms with E-state index in [4.69, 9.17) is 5.73 Å². The molecule has 1 aromatic heterocycles. The molecule has 0 saturated carbocycles. The molecule has 6 heteroatoms. The Labute approximate surface area is 101 Å². The van der Waals surface area contributed by atoms with E-state index in [2.05, 4.69) is 14.9 Å². The molecule has 0 aromatic carbocycles. The fraction of sp³-hybridized carbons (Fsp3) is 0.636. The molecule has 0 amide bonds. The lowest BCUT2D eigenvalue weighted by Crippen LogP contribution is -2.36. The second-order valence-corrected chi connectivity index (χ2v) is 4.56. The Bertz CT molecular complexity index is 384. The fourth-order valence-electron chi connectivity index (χ4n) is 2.13. The first-order chi connectivity index (χ1) is 8.11. The monoisotopic (exact) mass is 237 g/mol. The van der Waals surface area contributed by atoms with E-state index < -0.39 is 0 Å². The van der Waals surface area contributed by atoms with Gasteiger partial charge < -0.3 is 20.6 Å². The molecule has 2 atom stereocenters. The van der Waals surface area contributed by atoms with Crippen LogP contribution in [0.2, 0.25) is 0 Å². The molecule has 6 nitrogen and oxygen atoms in total. The van der Waals surface area contributed by atoms with Crippen LogP contribution in [0, 0.1) is 0 Å². The van der Waals surface area contributed by atoms with Crippen LogP contribution in [0.4, 0.5) is 11.6 Å². The zero-order chi connectivity index (χ0) is 12.4. The number of rotatable bonds is 3. The van der Waals surface area contributed by atoms with E-state index in [0.717, 1.165) is 11.6 Å². The van der Waals surface area contributed by atoms with Gasteiger partial charge in [-0.05, 0) is 6.42 Å². The van der Waals surface area contributed by atoms with Crippen molar-refractivity contribution in [1.82, 2.24) is 9.97 Å². The van der Waals surface area contributed by atoms with Crippen LogP contribution in [-0.2, 0) is 0 Å². The van der Waals surface area contributed by atoms with E-state index in [1.54, 1.807) is 6.33 Å². The van der Waals surface area contributed by atoms with Crippen molar-refractivity contribution in [3.05, 3.63) is 12.4 Å². The average Bonchev–Trinajstić information content (AvgIpc) is 2.70. The van der Waals surface area contributed by atoms with Gasteiger partial charge in [-0.2, -0.15) is 0 Å². The van der Waals surface area contributed by atoms with Crippen LogP contribution in [0.25, 0.3) is 0 Å². The molecule has 1 aromatic rings. The molecule has 1 aliphatic rings. The first-order valence-electron chi connectivity index (χ1n) is 5.76. The maximum atomic E-state index is 9.69. The molecule has 1 saturated heterocycles. The van der Waals surface area contributed by atoms with Gasteiger partial charge >= 0.3 is 0 Å². The Morgan fingerprint density at radius 3 is 2.94 bits per heavy atom. The van der Waals surface area contributed by atoms with Crippen molar-refractivity contribution in [2.24, 2.45) is 5.73 Å². The fourth-order valence-corrected chi connectivity index (χ4v) is 2.13. The minimum atomic E-state index is -0.318. The van der Waals surface area contributed by atoms with Crippen molar-refractivity contribution in [1.29, 1.82) is 0 Å². The quantitative estimate of drug-likeness (QED) is 0.734. The highest BCUT2D eigenvalue weighted by atomic mass is 16.3. The summed E-state index contributed by atoms with van der Waals surface area (Å²) in [6, 6.07) is 2.08. The standard InChI is InChI=1S/C11H19N5O/c1-15(2)10-4-11(14-7-13-10)16-6-9(17)3-8(16)5-12/h4,7-9,17H,3,5-6,12H2,1-2H3/t8-,9-/m1/s1. The number of anilines is 2. The van der Waals surface area contributed by atoms with Crippen molar-refractivity contribution < 1.29 is 5.11 Å². The second-order valence-electron chi connectivity index (χ2n) is 4.56. The van der Waals surface area contributed by atoms with Gasteiger partial charge in [-0.3, -0.25) is 0 Å². The summed E-state index contributed by atoms with van der Waals surface area (Å²) in [6.07, 6.45) is 1.93. The zero-order valence-electron chi connectivity index (χ0n) is 10.2. The van der Waals surface area contributed by atoms with Crippen molar-refractivity contribution in [3.63, 3.8) is 0 Å². The Morgan fingerprint density at radius 1 is 1.53 bits per heavy atom. The molecule has 1 aliphatic heterocycles. The highest BCUT2D eigenvalue weighted by Crippen LogP contribution is 2.25. The van der Waals surface area contributed by atoms with Gasteiger partial charge in [-0.1, -0.05) is 0 Å². The van der Waals surface area contributed by atoms with E-state index in [0.29, 0.717) is 19.5 Å². The summed E-state index contributed by atoms with van der Waals surface area (Å²) >= 11 is 0. The molecule has 2 rings (SSSR count). The number of aliphatic hydroxyl groups excluding tert-OH is 1. The third kappa shape index (κ3) is 2.48. The topological polar surface area (TPSA) is 78.5 Å². The van der Waals surface area contributed by atoms with Gasteiger partial charge in [0.1, 0.15) is 18.0 Å². The van der Waals surface area contributed by atoms with E-state index in [1.807, 2.05) is 25.1 Å². The molecule has 0 unspecified atom stereocenters. The summed E-state index contributed by atoms with van der Waals surface area (Å²) in [5.41, 5.74) is 5.72. The summed E-state index contributed by atoms with van der Waals surface area (Å²) in [5.74, 6) is 1.68. The maximum Gasteiger partial charge on any atom is 0.134 e. The van der Waals surface area contributed by atoms with Gasteiger partial charge in [0.2, 0.25) is 0 Å². The van der Waals surface area contributed by atoms with Crippen molar-refractivity contribution in [3.8, 4) is 0 Å². The van der Waals surface area contributed by atoms with E-state index in [9.17, 15) is 5.11 Å². The highest BCUT2D eigenvalue weighted by molar-refractivity contribution is 5.50. The summed E-state index contributed by atoms with van der Waals surface area (Å²) < 4.78 is 0. The smallest absolute Gasteiger partial charge is 0.134 e. The molecular weight excluding hydrogens is 218 g/mol. The molecule has 0 spiro atoms. The molecule has 2 heterocycles. The molecule has 17 heavy (non-hydrogen) atoms. The minimum absolute atomic E-state index is 0.162. The predicted octanol–water partition coefficient (Wildman–Crippen LogP) is -0.559. The van der Waals surface area contributed by atoms with Crippen LogP contribution < -0.4 is 15.5 Å². The number of aliphatic hydroxyl groups is 1. The third-order valence-corrected chi connectivity index (χ3v) is 3.06. The second kappa shape index (κ2) is 4.85. The van der Waals surface area contributed by atoms with Gasteiger partial charge in [0.15, 0.2) is 0 Å². The van der Waals surface area contributed by atoms with Crippen molar-refractivity contribution >= 4 is 11.6 Å². The molecular formula is C11H19N5O. The van der Waals surface area contributed by atoms with Gasteiger partial charge in [0, 0.05) is 39.3 Å². The normalized spacial score (nSPS) is 24.1. The Hall–Kier alpha value is -1.40. The number of β-amino-alcohol motifs (C(OH)–C–C–N with tert-alkyl or cyclic N) is 1. The lowest BCUT2D eigenvalue weighted by molar-refractivity contribution is 0.194. The summed E-state index contributed by atoms with van der Waals surface area (Å²) in [6.45, 7) is 1.12. The average molecular weight is 237 g/mol. The van der Waals surface area contributed by atoms with Crippen LogP contribution >= 0.6 is 0 Å². The number of hydrogen-bond donors (Lipinski definition) is 2. The van der Waals surface area contributed by atoms with Gasteiger partial charge in [-0.25, -0.2) is 9.97 Å². The predicted molar refractivity (Wildman–Crippen MR) is 67.2 cm³/mol. The molecule has 3 N–H and O–H groups in total. The summed E-state index contributed by atoms with van der Waals surface area (Å²) in [4.78, 5) is 12.4. The van der Waals surface area contributed by atoms with Gasteiger partial charge in [0.25, 0.3) is 0 Å². The highest BCUT2D eigenvalue weighted by Gasteiger charge is 2.30. The number of nitrogens with two attached hydrogens (primary N) is 1. The number of aromatic nitrogens is 2. The van der Waals surface area contributed by atoms with Crippen LogP contribution in [0.5, 0.6) is 0 Å². The number of hydrogen-bond acceptors (Lipinski definition) is 6. The Kier molecular flexibility index (Phi) is 3.44. The lowest BCUT2D eigenvalue weighted by atomic mass is 10.2. The van der Waals surface area contributed by atoms with E-state index >= 15 is 0 Å². The van der Waals surface area contributed by atoms with E-state index in [1.165, 1.54) is 0 Å².